The number of likely N-dealkylation sites (tertiary alicyclic amines) is 2. The number of nitrogens with zero attached hydrogens (tertiary/aromatic N) is 4. The van der Waals surface area contributed by atoms with E-state index in [2.05, 4.69) is 10.00 Å². The molecule has 1 spiro atoms. The Kier molecular flexibility index (Phi) is 5.03. The molecule has 4 atom stereocenters. The summed E-state index contributed by atoms with van der Waals surface area (Å²) in [6.45, 7) is 2.20. The summed E-state index contributed by atoms with van der Waals surface area (Å²) in [5, 5.41) is 27.3. The van der Waals surface area contributed by atoms with Crippen molar-refractivity contribution >= 4 is 5.91 Å². The molecule has 3 aliphatic heterocycles. The van der Waals surface area contributed by atoms with Crippen LogP contribution in [0.4, 0.5) is 13.2 Å². The van der Waals surface area contributed by atoms with Crippen LogP contribution in [0.5, 0.6) is 11.5 Å². The number of halogens is 3. The Morgan fingerprint density at radius 1 is 1.24 bits per heavy atom. The minimum absolute atomic E-state index is 0.0263. The van der Waals surface area contributed by atoms with E-state index >= 15 is 0 Å². The van der Waals surface area contributed by atoms with Crippen molar-refractivity contribution in [2.24, 2.45) is 13.0 Å². The van der Waals surface area contributed by atoms with E-state index in [9.17, 15) is 28.2 Å². The van der Waals surface area contributed by atoms with Crippen molar-refractivity contribution in [2.45, 2.75) is 67.9 Å². The van der Waals surface area contributed by atoms with E-state index in [4.69, 9.17) is 4.74 Å². The molecule has 4 heterocycles. The number of carbonyl (C=O) groups excluding carboxylic acids is 1. The average Bonchev–Trinajstić information content (AvgIpc) is 3.51. The number of ether oxygens (including phenoxy) is 1. The number of phenolic OH excluding ortho intramolecular Hbond substituents is 1. The largest absolute Gasteiger partial charge is 0.504 e. The summed E-state index contributed by atoms with van der Waals surface area (Å²) in [4.78, 5) is 17.5. The van der Waals surface area contributed by atoms with Crippen molar-refractivity contribution < 1.29 is 32.9 Å². The van der Waals surface area contributed by atoms with Crippen molar-refractivity contribution in [3.05, 3.63) is 40.7 Å². The van der Waals surface area contributed by atoms with Gasteiger partial charge in [0.15, 0.2) is 11.5 Å². The van der Waals surface area contributed by atoms with Crippen LogP contribution in [0.3, 0.4) is 0 Å². The summed E-state index contributed by atoms with van der Waals surface area (Å²) >= 11 is 0. The molecule has 2 bridgehead atoms. The number of hydrogen-bond acceptors (Lipinski definition) is 6. The number of amides is 1. The van der Waals surface area contributed by atoms with E-state index < -0.39 is 29.0 Å². The van der Waals surface area contributed by atoms with Crippen LogP contribution in [0.2, 0.25) is 0 Å². The lowest BCUT2D eigenvalue weighted by molar-refractivity contribution is -0.162. The molecular weight excluding hydrogens is 501 g/mol. The molecule has 7 rings (SSSR count). The van der Waals surface area contributed by atoms with Crippen molar-refractivity contribution in [3.8, 4) is 11.5 Å². The van der Waals surface area contributed by atoms with Gasteiger partial charge in [-0.05, 0) is 62.3 Å². The first-order chi connectivity index (χ1) is 18.0. The van der Waals surface area contributed by atoms with Crippen LogP contribution < -0.4 is 4.74 Å². The van der Waals surface area contributed by atoms with E-state index in [0.29, 0.717) is 30.9 Å². The predicted molar refractivity (Wildman–Crippen MR) is 129 cm³/mol. The minimum Gasteiger partial charge on any atom is -0.504 e. The van der Waals surface area contributed by atoms with Crippen LogP contribution in [0.15, 0.2) is 18.2 Å². The molecule has 5 aliphatic rings. The number of phenols is 1. The Labute approximate surface area is 218 Å². The van der Waals surface area contributed by atoms with Gasteiger partial charge in [0, 0.05) is 31.7 Å². The van der Waals surface area contributed by atoms with Crippen molar-refractivity contribution in [1.82, 2.24) is 19.6 Å². The quantitative estimate of drug-likeness (QED) is 0.629. The van der Waals surface area contributed by atoms with Crippen LogP contribution in [0, 0.1) is 5.92 Å². The molecule has 0 unspecified atom stereocenters. The second kappa shape index (κ2) is 7.88. The highest BCUT2D eigenvalue weighted by Crippen LogP contribution is 2.63. The van der Waals surface area contributed by atoms with Crippen molar-refractivity contribution in [2.75, 3.05) is 26.2 Å². The number of carbonyl (C=O) groups is 1. The summed E-state index contributed by atoms with van der Waals surface area (Å²) in [6.07, 6.45) is -1.36. The third-order valence-corrected chi connectivity index (χ3v) is 9.69. The van der Waals surface area contributed by atoms with Gasteiger partial charge in [-0.3, -0.25) is 14.4 Å². The van der Waals surface area contributed by atoms with Gasteiger partial charge < -0.3 is 19.8 Å². The first-order valence-electron chi connectivity index (χ1n) is 13.4. The number of aromatic nitrogens is 2. The molecule has 3 fully saturated rings. The normalized spacial score (nSPS) is 32.1. The fourth-order valence-corrected chi connectivity index (χ4v) is 7.78. The van der Waals surface area contributed by atoms with Gasteiger partial charge >= 0.3 is 6.18 Å². The predicted octanol–water partition coefficient (Wildman–Crippen LogP) is 2.39. The topological polar surface area (TPSA) is 91.1 Å². The van der Waals surface area contributed by atoms with Crippen LogP contribution in [-0.4, -0.2) is 79.6 Å². The monoisotopic (exact) mass is 532 g/mol. The van der Waals surface area contributed by atoms with E-state index in [-0.39, 0.29) is 42.9 Å². The molecule has 8 nitrogen and oxygen atoms in total. The lowest BCUT2D eigenvalue weighted by Crippen LogP contribution is -2.74. The van der Waals surface area contributed by atoms with Gasteiger partial charge in [-0.2, -0.15) is 18.3 Å². The number of rotatable bonds is 4. The highest BCUT2D eigenvalue weighted by atomic mass is 19.4. The standard InChI is InChI=1S/C27H31F3N4O4/c1-32-20(27(28,29)30)11-17(31-32)12-22(36)34-9-7-26(37)19-10-16-4-5-18(35)24-23(16)25(26,21(14-34)38-24)6-8-33(19)13-15-2-3-15/h4-5,11,15,19,21,35,37H,2-3,6-10,12-14H2,1H3/t19-,21+,25-,26-/m1/s1. The molecule has 11 heteroatoms. The number of benzene rings is 1. The first kappa shape index (κ1) is 24.3. The maximum Gasteiger partial charge on any atom is 0.433 e. The van der Waals surface area contributed by atoms with Crippen molar-refractivity contribution in [1.29, 1.82) is 0 Å². The van der Waals surface area contributed by atoms with E-state index in [1.165, 1.54) is 19.9 Å². The average molecular weight is 533 g/mol. The van der Waals surface area contributed by atoms with Crippen LogP contribution in [0.25, 0.3) is 0 Å². The van der Waals surface area contributed by atoms with Crippen molar-refractivity contribution in [3.63, 3.8) is 0 Å². The molecule has 2 N–H and O–H groups in total. The summed E-state index contributed by atoms with van der Waals surface area (Å²) in [6, 6.07) is 4.36. The third kappa shape index (κ3) is 3.30. The van der Waals surface area contributed by atoms with Gasteiger partial charge in [0.05, 0.1) is 29.7 Å². The lowest BCUT2D eigenvalue weighted by atomic mass is 9.52. The smallest absolute Gasteiger partial charge is 0.433 e. The van der Waals surface area contributed by atoms with E-state index in [0.717, 1.165) is 35.0 Å². The van der Waals surface area contributed by atoms with Gasteiger partial charge in [0.1, 0.15) is 11.8 Å². The Bertz CT molecular complexity index is 1320. The molecule has 204 valence electrons. The molecule has 2 aromatic rings. The molecule has 1 saturated carbocycles. The van der Waals surface area contributed by atoms with Gasteiger partial charge in [0.25, 0.3) is 0 Å². The van der Waals surface area contributed by atoms with Gasteiger partial charge in [-0.15, -0.1) is 0 Å². The summed E-state index contributed by atoms with van der Waals surface area (Å²) < 4.78 is 46.9. The fourth-order valence-electron chi connectivity index (χ4n) is 7.78. The van der Waals surface area contributed by atoms with Gasteiger partial charge in [0.2, 0.25) is 5.91 Å². The highest BCUT2D eigenvalue weighted by molar-refractivity contribution is 5.79. The Morgan fingerprint density at radius 2 is 2.03 bits per heavy atom. The number of aromatic hydroxyl groups is 1. The Morgan fingerprint density at radius 3 is 2.74 bits per heavy atom. The molecule has 2 aliphatic carbocycles. The SMILES string of the molecule is Cn1nc(CC(=O)N2CC[C@@]3(O)[C@H]4Cc5ccc(O)c6c5[C@@]3(CCN4CC3CC3)[C@H](C2)O6)cc1C(F)(F)F. The number of aryl methyl sites for hydroxylation is 1. The maximum atomic E-state index is 13.4. The lowest BCUT2D eigenvalue weighted by Gasteiger charge is -2.60. The highest BCUT2D eigenvalue weighted by Gasteiger charge is 2.71. The second-order valence-corrected chi connectivity index (χ2v) is 11.8. The zero-order chi connectivity index (χ0) is 26.6. The van der Waals surface area contributed by atoms with E-state index in [1.807, 2.05) is 6.07 Å². The summed E-state index contributed by atoms with van der Waals surface area (Å²) in [5.41, 5.74) is -0.834. The summed E-state index contributed by atoms with van der Waals surface area (Å²) in [5.74, 6) is 0.722. The van der Waals surface area contributed by atoms with Gasteiger partial charge in [-0.1, -0.05) is 6.07 Å². The number of hydrogen-bond donors (Lipinski definition) is 2. The van der Waals surface area contributed by atoms with Crippen LogP contribution >= 0.6 is 0 Å². The summed E-state index contributed by atoms with van der Waals surface area (Å²) in [7, 11) is 1.21. The maximum absolute atomic E-state index is 13.4. The molecule has 38 heavy (non-hydrogen) atoms. The zero-order valence-electron chi connectivity index (χ0n) is 21.2. The molecule has 1 amide bonds. The minimum atomic E-state index is -4.56. The first-order valence-corrected chi connectivity index (χ1v) is 13.4. The number of alkyl halides is 3. The Balaban J connectivity index is 1.23. The van der Waals surface area contributed by atoms with Crippen LogP contribution in [0.1, 0.15) is 48.2 Å². The van der Waals surface area contributed by atoms with Crippen LogP contribution in [-0.2, 0) is 36.3 Å². The second-order valence-electron chi connectivity index (χ2n) is 11.8. The zero-order valence-corrected chi connectivity index (χ0v) is 21.2. The van der Waals surface area contributed by atoms with Gasteiger partial charge in [-0.25, -0.2) is 0 Å². The number of piperidine rings is 1. The van der Waals surface area contributed by atoms with E-state index in [1.54, 1.807) is 11.0 Å². The Hall–Kier alpha value is -2.79. The third-order valence-electron chi connectivity index (χ3n) is 9.69. The molecule has 1 aromatic carbocycles. The fraction of sp³-hybridized carbons (Fsp3) is 0.630. The molecule has 0 radical (unpaired) electrons. The molecular formula is C27H31F3N4O4. The number of aliphatic hydroxyl groups is 1. The molecule has 2 saturated heterocycles. The molecule has 1 aromatic heterocycles.